The number of benzene rings is 1. The van der Waals surface area contributed by atoms with Gasteiger partial charge in [0.05, 0.1) is 4.91 Å². The Bertz CT molecular complexity index is 556. The fourth-order valence-corrected chi connectivity index (χ4v) is 2.31. The van der Waals surface area contributed by atoms with Crippen LogP contribution >= 0.6 is 11.8 Å². The first-order chi connectivity index (χ1) is 9.06. The van der Waals surface area contributed by atoms with Gasteiger partial charge in [-0.25, -0.2) is 0 Å². The second-order valence-corrected chi connectivity index (χ2v) is 5.57. The molecule has 0 atom stereocenters. The molecule has 1 heterocycles. The molecule has 0 spiro atoms. The van der Waals surface area contributed by atoms with Crippen LogP contribution in [-0.2, 0) is 4.79 Å². The van der Waals surface area contributed by atoms with E-state index in [0.717, 1.165) is 17.3 Å². The van der Waals surface area contributed by atoms with Gasteiger partial charge < -0.3 is 0 Å². The van der Waals surface area contributed by atoms with E-state index in [1.54, 1.807) is 12.2 Å². The third kappa shape index (κ3) is 3.58. The molecule has 2 amide bonds. The summed E-state index contributed by atoms with van der Waals surface area (Å²) in [6.07, 6.45) is 5.35. The number of carbonyl (C=O) groups is 2. The molecule has 1 saturated heterocycles. The molecule has 1 aromatic carbocycles. The van der Waals surface area contributed by atoms with E-state index in [1.165, 1.54) is 5.56 Å². The number of thioether (sulfide) groups is 1. The van der Waals surface area contributed by atoms with Gasteiger partial charge >= 0.3 is 0 Å². The number of rotatable bonds is 3. The summed E-state index contributed by atoms with van der Waals surface area (Å²) >= 11 is 0.925. The third-order valence-corrected chi connectivity index (χ3v) is 3.61. The number of nitrogens with one attached hydrogen (secondary N) is 1. The lowest BCUT2D eigenvalue weighted by Gasteiger charge is -2.04. The molecule has 0 saturated carbocycles. The lowest BCUT2D eigenvalue weighted by Crippen LogP contribution is -2.17. The molecule has 3 nitrogen and oxygen atoms in total. The fourth-order valence-electron chi connectivity index (χ4n) is 1.67. The molecular formula is C15H15NO2S. The zero-order valence-corrected chi connectivity index (χ0v) is 11.7. The van der Waals surface area contributed by atoms with E-state index in [1.807, 2.05) is 18.2 Å². The monoisotopic (exact) mass is 273 g/mol. The quantitative estimate of drug-likeness (QED) is 0.854. The molecule has 19 heavy (non-hydrogen) atoms. The minimum Gasteiger partial charge on any atom is -0.282 e. The Balaban J connectivity index is 2.05. The van der Waals surface area contributed by atoms with Gasteiger partial charge in [-0.3, -0.25) is 14.9 Å². The van der Waals surface area contributed by atoms with Gasteiger partial charge in [0, 0.05) is 0 Å². The lowest BCUT2D eigenvalue weighted by molar-refractivity contribution is -0.115. The maximum Gasteiger partial charge on any atom is 0.290 e. The van der Waals surface area contributed by atoms with Crippen molar-refractivity contribution in [1.29, 1.82) is 0 Å². The van der Waals surface area contributed by atoms with Crippen molar-refractivity contribution in [3.8, 4) is 0 Å². The standard InChI is InChI=1S/C15H15NO2S/c1-10(2)12-8-6-11(7-9-12)4-3-5-13-14(17)16-15(18)19-13/h3-10H,1-2H3,(H,16,17,18). The van der Waals surface area contributed by atoms with Crippen LogP contribution in [-0.4, -0.2) is 11.1 Å². The van der Waals surface area contributed by atoms with Crippen molar-refractivity contribution < 1.29 is 9.59 Å². The Hall–Kier alpha value is -1.81. The van der Waals surface area contributed by atoms with E-state index < -0.39 is 0 Å². The maximum absolute atomic E-state index is 11.3. The highest BCUT2D eigenvalue weighted by molar-refractivity contribution is 8.18. The van der Waals surface area contributed by atoms with Gasteiger partial charge in [-0.05, 0) is 34.9 Å². The first kappa shape index (κ1) is 13.6. The molecule has 0 aliphatic carbocycles. The Kier molecular flexibility index (Phi) is 4.22. The van der Waals surface area contributed by atoms with Crippen molar-refractivity contribution in [2.75, 3.05) is 0 Å². The largest absolute Gasteiger partial charge is 0.290 e. The van der Waals surface area contributed by atoms with Crippen molar-refractivity contribution in [2.45, 2.75) is 19.8 Å². The van der Waals surface area contributed by atoms with E-state index >= 15 is 0 Å². The van der Waals surface area contributed by atoms with Crippen molar-refractivity contribution in [3.05, 3.63) is 52.4 Å². The van der Waals surface area contributed by atoms with Crippen LogP contribution in [0.3, 0.4) is 0 Å². The van der Waals surface area contributed by atoms with Crippen LogP contribution in [0.25, 0.3) is 6.08 Å². The number of hydrogen-bond donors (Lipinski definition) is 1. The first-order valence-electron chi connectivity index (χ1n) is 6.08. The van der Waals surface area contributed by atoms with Gasteiger partial charge in [-0.15, -0.1) is 0 Å². The number of imide groups is 1. The highest BCUT2D eigenvalue weighted by atomic mass is 32.2. The number of hydrogen-bond acceptors (Lipinski definition) is 3. The zero-order valence-electron chi connectivity index (χ0n) is 10.8. The molecule has 0 bridgehead atoms. The maximum atomic E-state index is 11.3. The van der Waals surface area contributed by atoms with E-state index in [2.05, 4.69) is 31.3 Å². The molecule has 0 aromatic heterocycles. The highest BCUT2D eigenvalue weighted by Crippen LogP contribution is 2.23. The third-order valence-electron chi connectivity index (χ3n) is 2.78. The first-order valence-corrected chi connectivity index (χ1v) is 6.89. The molecule has 4 heteroatoms. The minimum atomic E-state index is -0.324. The summed E-state index contributed by atoms with van der Waals surface area (Å²) < 4.78 is 0. The zero-order chi connectivity index (χ0) is 13.8. The molecule has 98 valence electrons. The molecular weight excluding hydrogens is 258 g/mol. The normalized spacial score (nSPS) is 17.7. The Morgan fingerprint density at radius 3 is 2.37 bits per heavy atom. The predicted octanol–water partition coefficient (Wildman–Crippen LogP) is 3.69. The number of carbonyl (C=O) groups excluding carboxylic acids is 2. The van der Waals surface area contributed by atoms with Crippen molar-refractivity contribution in [3.63, 3.8) is 0 Å². The summed E-state index contributed by atoms with van der Waals surface area (Å²) in [4.78, 5) is 22.7. The minimum absolute atomic E-state index is 0.314. The average Bonchev–Trinajstić information content (AvgIpc) is 2.68. The SMILES string of the molecule is CC(C)c1ccc(C=CC=C2SC(=O)NC2=O)cc1. The summed E-state index contributed by atoms with van der Waals surface area (Å²) in [5, 5.41) is 1.90. The number of allylic oxidation sites excluding steroid dienone is 2. The average molecular weight is 273 g/mol. The molecule has 1 N–H and O–H groups in total. The van der Waals surface area contributed by atoms with E-state index in [9.17, 15) is 9.59 Å². The smallest absolute Gasteiger partial charge is 0.282 e. The summed E-state index contributed by atoms with van der Waals surface area (Å²) in [6.45, 7) is 4.31. The van der Waals surface area contributed by atoms with Gasteiger partial charge in [-0.1, -0.05) is 50.3 Å². The second-order valence-electron chi connectivity index (χ2n) is 4.56. The number of amides is 2. The molecule has 1 aromatic rings. The fraction of sp³-hybridized carbons (Fsp3) is 0.200. The Morgan fingerprint density at radius 1 is 1.16 bits per heavy atom. The van der Waals surface area contributed by atoms with Crippen LogP contribution in [0.4, 0.5) is 4.79 Å². The second kappa shape index (κ2) is 5.89. The van der Waals surface area contributed by atoms with Gasteiger partial charge in [0.2, 0.25) is 0 Å². The van der Waals surface area contributed by atoms with Gasteiger partial charge in [0.25, 0.3) is 11.1 Å². The van der Waals surface area contributed by atoms with Crippen LogP contribution in [0.1, 0.15) is 30.9 Å². The molecule has 1 fully saturated rings. The van der Waals surface area contributed by atoms with Crippen LogP contribution < -0.4 is 5.32 Å². The molecule has 1 aliphatic heterocycles. The summed E-state index contributed by atoms with van der Waals surface area (Å²) in [5.74, 6) is 0.194. The van der Waals surface area contributed by atoms with Crippen molar-refractivity contribution >= 4 is 29.0 Å². The molecule has 0 unspecified atom stereocenters. The van der Waals surface area contributed by atoms with Crippen LogP contribution in [0, 0.1) is 0 Å². The van der Waals surface area contributed by atoms with Crippen LogP contribution in [0.2, 0.25) is 0 Å². The highest BCUT2D eigenvalue weighted by Gasteiger charge is 2.24. The summed E-state index contributed by atoms with van der Waals surface area (Å²) in [6, 6.07) is 8.27. The summed E-state index contributed by atoms with van der Waals surface area (Å²) in [7, 11) is 0. The lowest BCUT2D eigenvalue weighted by atomic mass is 10.0. The van der Waals surface area contributed by atoms with E-state index in [4.69, 9.17) is 0 Å². The Morgan fingerprint density at radius 2 is 1.84 bits per heavy atom. The van der Waals surface area contributed by atoms with Gasteiger partial charge in [0.15, 0.2) is 0 Å². The van der Waals surface area contributed by atoms with Crippen LogP contribution in [0.5, 0.6) is 0 Å². The molecule has 0 radical (unpaired) electrons. The predicted molar refractivity (Wildman–Crippen MR) is 78.8 cm³/mol. The topological polar surface area (TPSA) is 46.2 Å². The summed E-state index contributed by atoms with van der Waals surface area (Å²) in [5.41, 5.74) is 2.36. The molecule has 2 rings (SSSR count). The van der Waals surface area contributed by atoms with Crippen molar-refractivity contribution in [1.82, 2.24) is 5.32 Å². The van der Waals surface area contributed by atoms with E-state index in [-0.39, 0.29) is 11.1 Å². The van der Waals surface area contributed by atoms with Crippen molar-refractivity contribution in [2.24, 2.45) is 0 Å². The van der Waals surface area contributed by atoms with Gasteiger partial charge in [0.1, 0.15) is 0 Å². The molecule has 1 aliphatic rings. The van der Waals surface area contributed by atoms with Crippen LogP contribution in [0.15, 0.2) is 41.3 Å². The van der Waals surface area contributed by atoms with Gasteiger partial charge in [-0.2, -0.15) is 0 Å². The Labute approximate surface area is 116 Å². The van der Waals surface area contributed by atoms with E-state index in [0.29, 0.717) is 10.8 Å².